The predicted octanol–water partition coefficient (Wildman–Crippen LogP) is 3.79. The number of rotatable bonds is 4. The van der Waals surface area contributed by atoms with E-state index in [1.807, 2.05) is 0 Å². The van der Waals surface area contributed by atoms with E-state index in [-0.39, 0.29) is 23.1 Å². The first-order valence-electron chi connectivity index (χ1n) is 5.86. The van der Waals surface area contributed by atoms with Crippen LogP contribution in [0.4, 0.5) is 23.1 Å². The first kappa shape index (κ1) is 15.3. The molecule has 2 N–H and O–H groups in total. The normalized spacial score (nSPS) is 10.3. The summed E-state index contributed by atoms with van der Waals surface area (Å²) in [5, 5.41) is 17.4. The monoisotopic (exact) mass is 327 g/mol. The maximum atomic E-state index is 11.2. The van der Waals surface area contributed by atoms with Crippen LogP contribution < -0.4 is 10.6 Å². The summed E-state index contributed by atoms with van der Waals surface area (Å²) in [6, 6.07) is 4.91. The minimum Gasteiger partial charge on any atom is -0.357 e. The lowest BCUT2D eigenvalue weighted by Gasteiger charge is -2.11. The summed E-state index contributed by atoms with van der Waals surface area (Å²) in [7, 11) is 1.62. The van der Waals surface area contributed by atoms with Gasteiger partial charge in [0.1, 0.15) is 5.69 Å². The van der Waals surface area contributed by atoms with Crippen LogP contribution in [0.25, 0.3) is 0 Å². The second-order valence-corrected chi connectivity index (χ2v) is 4.87. The van der Waals surface area contributed by atoms with Gasteiger partial charge in [0, 0.05) is 7.05 Å². The largest absolute Gasteiger partial charge is 0.357 e. The number of aromatic nitrogens is 2. The second kappa shape index (κ2) is 6.11. The standard InChI is InChI=1S/C12H11Cl2N5O2/c1-6-10(19(20)21)11(18-12(15-2)16-6)17-9-7(13)4-3-5-8(9)14/h3-5H,1-2H3,(H2,15,16,17,18). The molecule has 0 aliphatic rings. The Hall–Kier alpha value is -2.12. The molecule has 0 bridgehead atoms. The van der Waals surface area contributed by atoms with Crippen molar-refractivity contribution < 1.29 is 4.92 Å². The lowest BCUT2D eigenvalue weighted by molar-refractivity contribution is -0.385. The van der Waals surface area contributed by atoms with Crippen LogP contribution in [0.15, 0.2) is 18.2 Å². The Morgan fingerprint density at radius 3 is 2.38 bits per heavy atom. The first-order valence-corrected chi connectivity index (χ1v) is 6.61. The molecule has 0 saturated carbocycles. The highest BCUT2D eigenvalue weighted by Gasteiger charge is 2.23. The molecular weight excluding hydrogens is 317 g/mol. The average Bonchev–Trinajstić information content (AvgIpc) is 2.42. The molecule has 0 fully saturated rings. The Morgan fingerprint density at radius 1 is 1.24 bits per heavy atom. The highest BCUT2D eigenvalue weighted by atomic mass is 35.5. The molecule has 2 aromatic rings. The van der Waals surface area contributed by atoms with Gasteiger partial charge in [-0.2, -0.15) is 4.98 Å². The number of anilines is 3. The molecule has 9 heteroatoms. The van der Waals surface area contributed by atoms with Crippen LogP contribution in [0.1, 0.15) is 5.69 Å². The fraction of sp³-hybridized carbons (Fsp3) is 0.167. The Labute approximate surface area is 130 Å². The molecular formula is C12H11Cl2N5O2. The van der Waals surface area contributed by atoms with Crippen molar-refractivity contribution in [3.63, 3.8) is 0 Å². The molecule has 0 aliphatic carbocycles. The van der Waals surface area contributed by atoms with Crippen molar-refractivity contribution in [1.29, 1.82) is 0 Å². The molecule has 21 heavy (non-hydrogen) atoms. The van der Waals surface area contributed by atoms with Gasteiger partial charge in [-0.15, -0.1) is 0 Å². The Bertz CT molecular complexity index is 688. The van der Waals surface area contributed by atoms with Crippen molar-refractivity contribution in [1.82, 2.24) is 9.97 Å². The minimum absolute atomic E-state index is 0.0202. The lowest BCUT2D eigenvalue weighted by Crippen LogP contribution is -2.07. The molecule has 1 aromatic carbocycles. The quantitative estimate of drug-likeness (QED) is 0.655. The zero-order chi connectivity index (χ0) is 15.6. The third-order valence-corrected chi connectivity index (χ3v) is 3.30. The number of para-hydroxylation sites is 1. The zero-order valence-electron chi connectivity index (χ0n) is 11.1. The van der Waals surface area contributed by atoms with Crippen molar-refractivity contribution in [2.24, 2.45) is 0 Å². The van der Waals surface area contributed by atoms with Gasteiger partial charge in [0.25, 0.3) is 0 Å². The van der Waals surface area contributed by atoms with Crippen molar-refractivity contribution in [2.45, 2.75) is 6.92 Å². The SMILES string of the molecule is CNc1nc(C)c([N+](=O)[O-])c(Nc2c(Cl)cccc2Cl)n1. The van der Waals surface area contributed by atoms with Gasteiger partial charge in [-0.3, -0.25) is 10.1 Å². The number of nitrogens with zero attached hydrogens (tertiary/aromatic N) is 3. The van der Waals surface area contributed by atoms with E-state index in [1.54, 1.807) is 25.2 Å². The number of hydrogen-bond donors (Lipinski definition) is 2. The van der Waals surface area contributed by atoms with Crippen LogP contribution in [-0.4, -0.2) is 21.9 Å². The van der Waals surface area contributed by atoms with Crippen LogP contribution in [0.3, 0.4) is 0 Å². The Balaban J connectivity index is 2.57. The van der Waals surface area contributed by atoms with Gasteiger partial charge in [0.05, 0.1) is 20.7 Å². The molecule has 2 rings (SSSR count). The van der Waals surface area contributed by atoms with E-state index in [1.165, 1.54) is 6.92 Å². The van der Waals surface area contributed by atoms with Gasteiger partial charge in [-0.25, -0.2) is 4.98 Å². The number of benzene rings is 1. The summed E-state index contributed by atoms with van der Waals surface area (Å²) >= 11 is 12.1. The Kier molecular flexibility index (Phi) is 4.44. The van der Waals surface area contributed by atoms with E-state index in [0.29, 0.717) is 15.7 Å². The molecule has 0 amide bonds. The molecule has 0 aliphatic heterocycles. The summed E-state index contributed by atoms with van der Waals surface area (Å²) in [5.74, 6) is 0.274. The fourth-order valence-corrected chi connectivity index (χ4v) is 2.21. The van der Waals surface area contributed by atoms with Gasteiger partial charge in [0.15, 0.2) is 0 Å². The van der Waals surface area contributed by atoms with E-state index < -0.39 is 4.92 Å². The lowest BCUT2D eigenvalue weighted by atomic mass is 10.3. The summed E-state index contributed by atoms with van der Waals surface area (Å²) in [6.07, 6.45) is 0. The highest BCUT2D eigenvalue weighted by molar-refractivity contribution is 6.39. The number of halogens is 2. The second-order valence-electron chi connectivity index (χ2n) is 4.06. The molecule has 0 atom stereocenters. The van der Waals surface area contributed by atoms with E-state index in [0.717, 1.165) is 0 Å². The summed E-state index contributed by atoms with van der Waals surface area (Å²) < 4.78 is 0. The third-order valence-electron chi connectivity index (χ3n) is 2.67. The molecule has 0 saturated heterocycles. The fourth-order valence-electron chi connectivity index (χ4n) is 1.72. The van der Waals surface area contributed by atoms with Gasteiger partial charge in [-0.1, -0.05) is 29.3 Å². The molecule has 1 aromatic heterocycles. The average molecular weight is 328 g/mol. The first-order chi connectivity index (χ1) is 9.93. The molecule has 1 heterocycles. The Morgan fingerprint density at radius 2 is 1.86 bits per heavy atom. The maximum Gasteiger partial charge on any atom is 0.332 e. The highest BCUT2D eigenvalue weighted by Crippen LogP contribution is 2.35. The number of hydrogen-bond acceptors (Lipinski definition) is 6. The number of nitro groups is 1. The van der Waals surface area contributed by atoms with E-state index in [4.69, 9.17) is 23.2 Å². The van der Waals surface area contributed by atoms with Gasteiger partial charge < -0.3 is 10.6 Å². The zero-order valence-corrected chi connectivity index (χ0v) is 12.7. The number of nitrogens with one attached hydrogen (secondary N) is 2. The van der Waals surface area contributed by atoms with Crippen LogP contribution in [0, 0.1) is 17.0 Å². The van der Waals surface area contributed by atoms with Crippen molar-refractivity contribution in [3.05, 3.63) is 44.1 Å². The van der Waals surface area contributed by atoms with Crippen LogP contribution in [-0.2, 0) is 0 Å². The topological polar surface area (TPSA) is 93.0 Å². The molecule has 0 radical (unpaired) electrons. The molecule has 0 unspecified atom stereocenters. The number of aryl methyl sites for hydroxylation is 1. The van der Waals surface area contributed by atoms with Gasteiger partial charge in [0.2, 0.25) is 11.8 Å². The van der Waals surface area contributed by atoms with Crippen molar-refractivity contribution in [3.8, 4) is 0 Å². The summed E-state index contributed by atoms with van der Waals surface area (Å²) in [6.45, 7) is 1.53. The van der Waals surface area contributed by atoms with Crippen molar-refractivity contribution >= 4 is 46.3 Å². The van der Waals surface area contributed by atoms with Crippen LogP contribution in [0.2, 0.25) is 10.0 Å². The van der Waals surface area contributed by atoms with Gasteiger partial charge in [-0.05, 0) is 19.1 Å². The van der Waals surface area contributed by atoms with Crippen LogP contribution >= 0.6 is 23.2 Å². The van der Waals surface area contributed by atoms with Gasteiger partial charge >= 0.3 is 5.69 Å². The molecule has 0 spiro atoms. The van der Waals surface area contributed by atoms with Crippen LogP contribution in [0.5, 0.6) is 0 Å². The smallest absolute Gasteiger partial charge is 0.332 e. The maximum absolute atomic E-state index is 11.2. The van der Waals surface area contributed by atoms with E-state index in [2.05, 4.69) is 20.6 Å². The predicted molar refractivity (Wildman–Crippen MR) is 82.7 cm³/mol. The van der Waals surface area contributed by atoms with Crippen molar-refractivity contribution in [2.75, 3.05) is 17.7 Å². The molecule has 110 valence electrons. The summed E-state index contributed by atoms with van der Waals surface area (Å²) in [5.41, 5.74) is 0.346. The summed E-state index contributed by atoms with van der Waals surface area (Å²) in [4.78, 5) is 18.7. The van der Waals surface area contributed by atoms with E-state index in [9.17, 15) is 10.1 Å². The third kappa shape index (κ3) is 3.14. The van der Waals surface area contributed by atoms with E-state index >= 15 is 0 Å². The minimum atomic E-state index is -0.554. The molecule has 7 nitrogen and oxygen atoms in total.